The molecule has 1 aliphatic rings. The number of Topliss-reactive ketones (excluding diaryl/α,β-unsaturated/α-hetero) is 1. The van der Waals surface area contributed by atoms with Gasteiger partial charge in [0.15, 0.2) is 11.4 Å². The Bertz CT molecular complexity index is 1270. The molecule has 0 bridgehead atoms. The van der Waals surface area contributed by atoms with E-state index >= 15 is 0 Å². The lowest BCUT2D eigenvalue weighted by atomic mass is 9.89. The van der Waals surface area contributed by atoms with Crippen LogP contribution in [0.25, 0.3) is 28.0 Å². The Balaban J connectivity index is 1.60. The number of nitrogen functional groups attached to an aromatic ring is 1. The third-order valence-electron chi connectivity index (χ3n) is 6.31. The van der Waals surface area contributed by atoms with Crippen molar-refractivity contribution in [1.29, 1.82) is 0 Å². The van der Waals surface area contributed by atoms with E-state index in [1.807, 2.05) is 48.7 Å². The molecule has 32 heavy (non-hydrogen) atoms. The maximum Gasteiger partial charge on any atom is 0.165 e. The Morgan fingerprint density at radius 2 is 1.78 bits per heavy atom. The molecule has 3 aromatic heterocycles. The fourth-order valence-electron chi connectivity index (χ4n) is 4.51. The molecular formula is C25H26N6O. The zero-order valence-corrected chi connectivity index (χ0v) is 18.3. The van der Waals surface area contributed by atoms with Crippen LogP contribution in [0.2, 0.25) is 0 Å². The number of pyridine rings is 1. The van der Waals surface area contributed by atoms with Crippen LogP contribution in [0.3, 0.4) is 0 Å². The largest absolute Gasteiger partial charge is 0.383 e. The van der Waals surface area contributed by atoms with Crippen LogP contribution in [0.4, 0.5) is 5.82 Å². The van der Waals surface area contributed by atoms with Crippen molar-refractivity contribution in [3.05, 3.63) is 66.1 Å². The second-order valence-corrected chi connectivity index (χ2v) is 8.48. The molecule has 4 heterocycles. The van der Waals surface area contributed by atoms with E-state index in [-0.39, 0.29) is 11.7 Å². The van der Waals surface area contributed by atoms with Gasteiger partial charge in [-0.15, -0.1) is 0 Å². The highest BCUT2D eigenvalue weighted by Crippen LogP contribution is 2.34. The van der Waals surface area contributed by atoms with Gasteiger partial charge in [-0.05, 0) is 46.0 Å². The van der Waals surface area contributed by atoms with Crippen LogP contribution in [0.15, 0.2) is 54.9 Å². The van der Waals surface area contributed by atoms with Gasteiger partial charge in [0.2, 0.25) is 0 Å². The van der Waals surface area contributed by atoms with Gasteiger partial charge in [0.05, 0.1) is 23.1 Å². The number of anilines is 1. The fourth-order valence-corrected chi connectivity index (χ4v) is 4.51. The van der Waals surface area contributed by atoms with Gasteiger partial charge in [-0.1, -0.05) is 36.4 Å². The molecule has 1 aliphatic heterocycles. The number of carbonyl (C=O) groups excluding carboxylic acids is 1. The molecule has 0 unspecified atom stereocenters. The first kappa shape index (κ1) is 20.3. The van der Waals surface area contributed by atoms with Gasteiger partial charge in [-0.25, -0.2) is 4.98 Å². The summed E-state index contributed by atoms with van der Waals surface area (Å²) in [6.45, 7) is 3.51. The van der Waals surface area contributed by atoms with Crippen molar-refractivity contribution in [2.45, 2.75) is 25.7 Å². The van der Waals surface area contributed by atoms with Crippen LogP contribution in [0.1, 0.15) is 41.7 Å². The molecule has 5 rings (SSSR count). The summed E-state index contributed by atoms with van der Waals surface area (Å²) < 4.78 is 1.58. The number of likely N-dealkylation sites (tertiary alicyclic amines) is 1. The molecule has 2 N–H and O–H groups in total. The smallest absolute Gasteiger partial charge is 0.165 e. The van der Waals surface area contributed by atoms with Crippen molar-refractivity contribution in [1.82, 2.24) is 24.5 Å². The van der Waals surface area contributed by atoms with Crippen molar-refractivity contribution >= 4 is 17.2 Å². The molecule has 4 aromatic rings. The number of benzene rings is 1. The number of piperidine rings is 1. The second kappa shape index (κ2) is 8.16. The van der Waals surface area contributed by atoms with Crippen LogP contribution >= 0.6 is 0 Å². The summed E-state index contributed by atoms with van der Waals surface area (Å²) in [5.74, 6) is 0.493. The minimum absolute atomic E-state index is 0.0724. The number of hydrogen-bond donors (Lipinski definition) is 1. The Morgan fingerprint density at radius 3 is 2.44 bits per heavy atom. The quantitative estimate of drug-likeness (QED) is 0.495. The topological polar surface area (TPSA) is 89.4 Å². The van der Waals surface area contributed by atoms with Gasteiger partial charge in [0.1, 0.15) is 5.82 Å². The summed E-state index contributed by atoms with van der Waals surface area (Å²) in [6.07, 6.45) is 5.50. The molecule has 0 amide bonds. The molecule has 162 valence electrons. The van der Waals surface area contributed by atoms with E-state index in [9.17, 15) is 4.79 Å². The molecule has 1 fully saturated rings. The summed E-state index contributed by atoms with van der Waals surface area (Å²) in [7, 11) is 2.12. The highest BCUT2D eigenvalue weighted by molar-refractivity contribution is 6.00. The molecular weight excluding hydrogens is 400 g/mol. The van der Waals surface area contributed by atoms with Gasteiger partial charge in [-0.3, -0.25) is 9.78 Å². The zero-order valence-electron chi connectivity index (χ0n) is 18.3. The molecule has 1 aromatic carbocycles. The van der Waals surface area contributed by atoms with Crippen molar-refractivity contribution in [2.75, 3.05) is 25.9 Å². The minimum Gasteiger partial charge on any atom is -0.383 e. The average molecular weight is 427 g/mol. The number of fused-ring (bicyclic) bond motifs is 1. The van der Waals surface area contributed by atoms with Crippen LogP contribution < -0.4 is 5.73 Å². The number of hydrogen-bond acceptors (Lipinski definition) is 6. The summed E-state index contributed by atoms with van der Waals surface area (Å²) in [5, 5.41) is 4.46. The summed E-state index contributed by atoms with van der Waals surface area (Å²) >= 11 is 0. The molecule has 0 saturated carbocycles. The van der Waals surface area contributed by atoms with Crippen molar-refractivity contribution in [3.8, 4) is 22.4 Å². The fraction of sp³-hybridized carbons (Fsp3) is 0.280. The molecule has 0 radical (unpaired) electrons. The Morgan fingerprint density at radius 1 is 1.03 bits per heavy atom. The van der Waals surface area contributed by atoms with Crippen molar-refractivity contribution in [3.63, 3.8) is 0 Å². The van der Waals surface area contributed by atoms with Gasteiger partial charge >= 0.3 is 0 Å². The lowest BCUT2D eigenvalue weighted by Crippen LogP contribution is -2.30. The molecule has 0 atom stereocenters. The Labute approximate surface area is 186 Å². The van der Waals surface area contributed by atoms with Gasteiger partial charge in [-0.2, -0.15) is 9.61 Å². The summed E-state index contributed by atoms with van der Waals surface area (Å²) in [5.41, 5.74) is 12.2. The molecule has 7 nitrogen and oxygen atoms in total. The third kappa shape index (κ3) is 3.54. The maximum absolute atomic E-state index is 12.5. The van der Waals surface area contributed by atoms with Crippen molar-refractivity contribution < 1.29 is 4.79 Å². The summed E-state index contributed by atoms with van der Waals surface area (Å²) in [4.78, 5) is 24.4. The highest BCUT2D eigenvalue weighted by Gasteiger charge is 2.28. The van der Waals surface area contributed by atoms with E-state index in [0.717, 1.165) is 54.0 Å². The first-order valence-electron chi connectivity index (χ1n) is 10.9. The zero-order chi connectivity index (χ0) is 22.2. The lowest BCUT2D eigenvalue weighted by molar-refractivity contribution is 0.101. The third-order valence-corrected chi connectivity index (χ3v) is 6.31. The number of ketones is 1. The molecule has 7 heteroatoms. The Kier molecular flexibility index (Phi) is 5.19. The van der Waals surface area contributed by atoms with Gasteiger partial charge < -0.3 is 10.6 Å². The number of rotatable bonds is 4. The number of nitrogens with two attached hydrogens (primary N) is 1. The van der Waals surface area contributed by atoms with Crippen LogP contribution in [-0.2, 0) is 0 Å². The highest BCUT2D eigenvalue weighted by atomic mass is 16.1. The molecule has 0 aliphatic carbocycles. The van der Waals surface area contributed by atoms with Crippen LogP contribution in [-0.4, -0.2) is 50.4 Å². The standard InChI is InChI=1S/C25H26N6O/c1-16(32)22-23(18-10-12-30(2)13-11-18)29-25-20(15-28-31(25)24(22)26)19-8-9-21(27-14-19)17-6-4-3-5-7-17/h3-9,14-15,18H,10-13,26H2,1-2H3. The van der Waals surface area contributed by atoms with Crippen LogP contribution in [0.5, 0.6) is 0 Å². The lowest BCUT2D eigenvalue weighted by Gasteiger charge is -2.29. The van der Waals surface area contributed by atoms with Crippen LogP contribution in [0, 0.1) is 0 Å². The van der Waals surface area contributed by atoms with E-state index < -0.39 is 0 Å². The summed E-state index contributed by atoms with van der Waals surface area (Å²) in [6, 6.07) is 14.1. The van der Waals surface area contributed by atoms with E-state index in [1.54, 1.807) is 17.6 Å². The predicted octanol–water partition coefficient (Wildman–Crippen LogP) is 4.05. The monoisotopic (exact) mass is 426 g/mol. The number of carbonyl (C=O) groups is 1. The second-order valence-electron chi connectivity index (χ2n) is 8.48. The van der Waals surface area contributed by atoms with Gasteiger partial charge in [0, 0.05) is 28.8 Å². The Hall–Kier alpha value is -3.58. The molecule has 1 saturated heterocycles. The average Bonchev–Trinajstić information content (AvgIpc) is 3.24. The first-order valence-corrected chi connectivity index (χ1v) is 10.9. The first-order chi connectivity index (χ1) is 15.5. The van der Waals surface area contributed by atoms with Gasteiger partial charge in [0.25, 0.3) is 0 Å². The normalized spacial score (nSPS) is 15.3. The number of aromatic nitrogens is 4. The number of nitrogens with zero attached hydrogens (tertiary/aromatic N) is 5. The SMILES string of the molecule is CC(=O)c1c(C2CCN(C)CC2)nc2c(-c3ccc(-c4ccccc4)nc3)cnn2c1N. The minimum atomic E-state index is -0.0724. The van der Waals surface area contributed by atoms with Crippen molar-refractivity contribution in [2.24, 2.45) is 0 Å². The van der Waals surface area contributed by atoms with E-state index in [4.69, 9.17) is 10.7 Å². The maximum atomic E-state index is 12.5. The predicted molar refractivity (Wildman–Crippen MR) is 126 cm³/mol. The molecule has 0 spiro atoms. The van der Waals surface area contributed by atoms with E-state index in [0.29, 0.717) is 17.0 Å². The van der Waals surface area contributed by atoms with E-state index in [1.165, 1.54) is 0 Å². The van der Waals surface area contributed by atoms with E-state index in [2.05, 4.69) is 22.0 Å².